The lowest BCUT2D eigenvalue weighted by atomic mass is 10.0. The van der Waals surface area contributed by atoms with E-state index in [4.69, 9.17) is 0 Å². The Bertz CT molecular complexity index is 1520. The Labute approximate surface area is 213 Å². The van der Waals surface area contributed by atoms with Crippen molar-refractivity contribution in [3.05, 3.63) is 136 Å². The molecule has 0 fully saturated rings. The summed E-state index contributed by atoms with van der Waals surface area (Å²) in [6, 6.07) is 35.7. The Kier molecular flexibility index (Phi) is 6.88. The Balaban J connectivity index is 1.54. The number of nitrogens with one attached hydrogen (secondary N) is 1. The van der Waals surface area contributed by atoms with Gasteiger partial charge in [0.05, 0.1) is 9.80 Å². The highest BCUT2D eigenvalue weighted by atomic mass is 32.2. The summed E-state index contributed by atoms with van der Waals surface area (Å²) in [6.45, 7) is 2.59. The molecule has 0 aromatic heterocycles. The average molecular weight is 492 g/mol. The highest BCUT2D eigenvalue weighted by molar-refractivity contribution is 7.95. The summed E-state index contributed by atoms with van der Waals surface area (Å²) >= 11 is 0. The molecule has 180 valence electrons. The van der Waals surface area contributed by atoms with E-state index in [9.17, 15) is 8.42 Å². The van der Waals surface area contributed by atoms with Crippen molar-refractivity contribution in [2.45, 2.75) is 24.7 Å². The minimum absolute atomic E-state index is 0.320. The normalized spacial score (nSPS) is 15.4. The van der Waals surface area contributed by atoms with Crippen LogP contribution in [0, 0.1) is 6.92 Å². The average Bonchev–Trinajstić information content (AvgIpc) is 3.13. The highest BCUT2D eigenvalue weighted by Crippen LogP contribution is 2.36. The number of benzene rings is 4. The van der Waals surface area contributed by atoms with Gasteiger partial charge in [-0.25, -0.2) is 8.42 Å². The van der Waals surface area contributed by atoms with Crippen LogP contribution in [0.2, 0.25) is 0 Å². The molecule has 4 aromatic rings. The van der Waals surface area contributed by atoms with E-state index in [1.54, 1.807) is 12.1 Å². The van der Waals surface area contributed by atoms with E-state index < -0.39 is 9.84 Å². The second-order valence-corrected chi connectivity index (χ2v) is 11.1. The fourth-order valence-corrected chi connectivity index (χ4v) is 6.44. The predicted molar refractivity (Wildman–Crippen MR) is 149 cm³/mol. The van der Waals surface area contributed by atoms with Gasteiger partial charge in [0.25, 0.3) is 0 Å². The Morgan fingerprint density at radius 1 is 0.722 bits per heavy atom. The van der Waals surface area contributed by atoms with Crippen molar-refractivity contribution in [1.82, 2.24) is 5.32 Å². The fraction of sp³-hybridized carbons (Fsp3) is 0.125. The van der Waals surface area contributed by atoms with E-state index in [1.807, 2.05) is 67.6 Å². The quantitative estimate of drug-likeness (QED) is 0.319. The molecule has 0 saturated heterocycles. The van der Waals surface area contributed by atoms with Crippen molar-refractivity contribution in [1.29, 1.82) is 0 Å². The number of hydrogen-bond donors (Lipinski definition) is 1. The number of aryl methyl sites for hydroxylation is 1. The maximum absolute atomic E-state index is 14.0. The number of allylic oxidation sites excluding steroid dienone is 1. The van der Waals surface area contributed by atoms with Crippen molar-refractivity contribution >= 4 is 21.5 Å². The van der Waals surface area contributed by atoms with Crippen LogP contribution in [0.4, 0.5) is 0 Å². The van der Waals surface area contributed by atoms with Gasteiger partial charge in [0, 0.05) is 18.7 Å². The lowest BCUT2D eigenvalue weighted by Gasteiger charge is -2.15. The molecule has 36 heavy (non-hydrogen) atoms. The van der Waals surface area contributed by atoms with Crippen LogP contribution in [0.1, 0.15) is 29.5 Å². The zero-order valence-electron chi connectivity index (χ0n) is 20.3. The predicted octanol–water partition coefficient (Wildman–Crippen LogP) is 7.27. The molecule has 1 heterocycles. The minimum Gasteiger partial charge on any atom is -0.388 e. The molecule has 0 aliphatic carbocycles. The van der Waals surface area contributed by atoms with Gasteiger partial charge in [-0.05, 0) is 64.9 Å². The monoisotopic (exact) mass is 491 g/mol. The molecule has 4 aromatic carbocycles. The van der Waals surface area contributed by atoms with Crippen LogP contribution in [0.15, 0.2) is 125 Å². The fourth-order valence-electron chi connectivity index (χ4n) is 4.66. The van der Waals surface area contributed by atoms with E-state index in [-0.39, 0.29) is 0 Å². The van der Waals surface area contributed by atoms with Crippen LogP contribution < -0.4 is 5.32 Å². The molecule has 1 N–H and O–H groups in total. The van der Waals surface area contributed by atoms with Gasteiger partial charge >= 0.3 is 0 Å². The van der Waals surface area contributed by atoms with Gasteiger partial charge < -0.3 is 5.32 Å². The molecule has 1 aliphatic rings. The first-order valence-electron chi connectivity index (χ1n) is 12.2. The maximum Gasteiger partial charge on any atom is 0.203 e. The van der Waals surface area contributed by atoms with Gasteiger partial charge in [-0.2, -0.15) is 0 Å². The third-order valence-electron chi connectivity index (χ3n) is 6.52. The Morgan fingerprint density at radius 3 is 2.03 bits per heavy atom. The van der Waals surface area contributed by atoms with Crippen molar-refractivity contribution in [3.8, 4) is 11.1 Å². The van der Waals surface area contributed by atoms with Crippen molar-refractivity contribution < 1.29 is 8.42 Å². The van der Waals surface area contributed by atoms with Crippen LogP contribution in [0.25, 0.3) is 22.8 Å². The summed E-state index contributed by atoms with van der Waals surface area (Å²) in [5.41, 5.74) is 7.03. The molecule has 4 heteroatoms. The molecule has 0 spiro atoms. The molecule has 0 amide bonds. The molecule has 3 nitrogen and oxygen atoms in total. The number of sulfone groups is 1. The van der Waals surface area contributed by atoms with Gasteiger partial charge in [-0.1, -0.05) is 97.1 Å². The van der Waals surface area contributed by atoms with Crippen molar-refractivity contribution in [3.63, 3.8) is 0 Å². The largest absolute Gasteiger partial charge is 0.388 e. The summed E-state index contributed by atoms with van der Waals surface area (Å²) in [7, 11) is -3.67. The van der Waals surface area contributed by atoms with Crippen LogP contribution >= 0.6 is 0 Å². The van der Waals surface area contributed by atoms with Crippen LogP contribution in [-0.4, -0.2) is 15.0 Å². The lowest BCUT2D eigenvalue weighted by Crippen LogP contribution is -2.13. The van der Waals surface area contributed by atoms with E-state index in [2.05, 4.69) is 47.8 Å². The zero-order valence-corrected chi connectivity index (χ0v) is 21.1. The van der Waals surface area contributed by atoms with Crippen LogP contribution in [-0.2, 0) is 9.84 Å². The van der Waals surface area contributed by atoms with Gasteiger partial charge in [-0.3, -0.25) is 0 Å². The third kappa shape index (κ3) is 5.19. The van der Waals surface area contributed by atoms with Crippen LogP contribution in [0.5, 0.6) is 0 Å². The topological polar surface area (TPSA) is 46.2 Å². The summed E-state index contributed by atoms with van der Waals surface area (Å²) in [5.74, 6) is 0. The first-order chi connectivity index (χ1) is 17.5. The van der Waals surface area contributed by atoms with E-state index in [0.29, 0.717) is 29.2 Å². The molecule has 0 radical (unpaired) electrons. The maximum atomic E-state index is 14.0. The Hall–Kier alpha value is -3.89. The molecular weight excluding hydrogens is 462 g/mol. The molecule has 0 unspecified atom stereocenters. The number of hydrogen-bond acceptors (Lipinski definition) is 3. The smallest absolute Gasteiger partial charge is 0.203 e. The first kappa shape index (κ1) is 23.8. The molecular formula is C32H29NO2S. The summed E-state index contributed by atoms with van der Waals surface area (Å²) < 4.78 is 27.9. The summed E-state index contributed by atoms with van der Waals surface area (Å²) in [6.07, 6.45) is 3.02. The summed E-state index contributed by atoms with van der Waals surface area (Å²) in [5, 5.41) is 3.50. The van der Waals surface area contributed by atoms with Gasteiger partial charge in [0.1, 0.15) is 0 Å². The first-order valence-corrected chi connectivity index (χ1v) is 13.7. The molecule has 5 rings (SSSR count). The lowest BCUT2D eigenvalue weighted by molar-refractivity contribution is 0.601. The second-order valence-electron chi connectivity index (χ2n) is 9.10. The number of rotatable bonds is 5. The van der Waals surface area contributed by atoms with Gasteiger partial charge in [-0.15, -0.1) is 0 Å². The molecule has 0 atom stereocenters. The molecule has 1 aliphatic heterocycles. The van der Waals surface area contributed by atoms with Crippen LogP contribution in [0.3, 0.4) is 0 Å². The summed E-state index contributed by atoms with van der Waals surface area (Å²) in [4.78, 5) is 0.816. The van der Waals surface area contributed by atoms with Gasteiger partial charge in [0.2, 0.25) is 9.84 Å². The second kappa shape index (κ2) is 10.4. The Morgan fingerprint density at radius 2 is 1.36 bits per heavy atom. The van der Waals surface area contributed by atoms with E-state index in [1.165, 1.54) is 5.56 Å². The van der Waals surface area contributed by atoms with E-state index >= 15 is 0 Å². The van der Waals surface area contributed by atoms with Gasteiger partial charge in [0.15, 0.2) is 0 Å². The standard InChI is InChI=1S/C32H29NO2S/c1-24-9-8-14-30(21-24)36(34,35)32-23-29(33-20-19-31(32)28-12-6-3-7-13-28)22-25-15-17-27(18-16-25)26-10-4-2-5-11-26/h2-18,21-22,33H,19-20,23H2,1H3. The van der Waals surface area contributed by atoms with E-state index in [0.717, 1.165) is 33.5 Å². The van der Waals surface area contributed by atoms with Crippen molar-refractivity contribution in [2.75, 3.05) is 6.54 Å². The third-order valence-corrected chi connectivity index (χ3v) is 8.43. The molecule has 0 bridgehead atoms. The minimum atomic E-state index is -3.67. The highest BCUT2D eigenvalue weighted by Gasteiger charge is 2.28. The SMILES string of the molecule is Cc1cccc(S(=O)(=O)C2=C(c3ccccc3)CCNC(=Cc3ccc(-c4ccccc4)cc3)C2)c1. The molecule has 0 saturated carbocycles. The zero-order chi connectivity index (χ0) is 25.0. The van der Waals surface area contributed by atoms with Crippen molar-refractivity contribution in [2.24, 2.45) is 0 Å².